The number of hydrogen-bond donors (Lipinski definition) is 0. The van der Waals surface area contributed by atoms with Gasteiger partial charge >= 0.3 is 0 Å². The molecule has 3 heterocycles. The number of nitrogens with zero attached hydrogens (tertiary/aromatic N) is 3. The summed E-state index contributed by atoms with van der Waals surface area (Å²) in [5, 5.41) is 7.51. The molecule has 1 aliphatic heterocycles. The van der Waals surface area contributed by atoms with Crippen LogP contribution in [0.2, 0.25) is 0 Å². The number of allylic oxidation sites excluding steroid dienone is 2. The Hall–Kier alpha value is -4.77. The molecule has 0 fully saturated rings. The van der Waals surface area contributed by atoms with Crippen molar-refractivity contribution in [3.63, 3.8) is 0 Å². The van der Waals surface area contributed by atoms with Crippen LogP contribution in [0.25, 0.3) is 23.2 Å². The van der Waals surface area contributed by atoms with Gasteiger partial charge in [-0.1, -0.05) is 91.0 Å². The molecule has 0 atom stereocenters. The van der Waals surface area contributed by atoms with Gasteiger partial charge in [0.2, 0.25) is 5.88 Å². The molecule has 7 rings (SSSR count). The first-order chi connectivity index (χ1) is 20.3. The van der Waals surface area contributed by atoms with Gasteiger partial charge in [-0.3, -0.25) is 0 Å². The van der Waals surface area contributed by atoms with Crippen molar-refractivity contribution in [2.45, 2.75) is 31.2 Å². The monoisotopic (exact) mass is 539 g/mol. The van der Waals surface area contributed by atoms with Gasteiger partial charge in [-0.2, -0.15) is 5.10 Å². The molecule has 0 unspecified atom stereocenters. The summed E-state index contributed by atoms with van der Waals surface area (Å²) in [4.78, 5) is 2.18. The minimum atomic E-state index is -0.739. The maximum absolute atomic E-state index is 6.75. The van der Waals surface area contributed by atoms with Crippen molar-refractivity contribution in [3.05, 3.63) is 149 Å². The Bertz CT molecular complexity index is 1690. The lowest BCUT2D eigenvalue weighted by molar-refractivity contribution is 0.261. The van der Waals surface area contributed by atoms with Gasteiger partial charge < -0.3 is 14.1 Å². The highest BCUT2D eigenvalue weighted by molar-refractivity contribution is 5.64. The molecule has 0 N–H and O–H groups in total. The zero-order valence-corrected chi connectivity index (χ0v) is 23.2. The quantitative estimate of drug-likeness (QED) is 0.229. The largest absolute Gasteiger partial charge is 0.472 e. The lowest BCUT2D eigenvalue weighted by atomic mass is 9.77. The molecule has 0 radical (unpaired) electrons. The van der Waals surface area contributed by atoms with Crippen molar-refractivity contribution in [3.8, 4) is 11.3 Å². The minimum absolute atomic E-state index is 0.709. The van der Waals surface area contributed by atoms with E-state index in [4.69, 9.17) is 14.3 Å². The predicted octanol–water partition coefficient (Wildman–Crippen LogP) is 6.25. The van der Waals surface area contributed by atoms with Crippen LogP contribution in [0.15, 0.2) is 126 Å². The van der Waals surface area contributed by atoms with Gasteiger partial charge in [-0.25, -0.2) is 4.68 Å². The van der Waals surface area contributed by atoms with Crippen LogP contribution in [-0.4, -0.2) is 28.3 Å². The highest BCUT2D eigenvalue weighted by atomic mass is 16.5. The van der Waals surface area contributed by atoms with Gasteiger partial charge in [0, 0.05) is 25.6 Å². The molecular formula is C36H33N3O2. The van der Waals surface area contributed by atoms with Crippen LogP contribution in [-0.2, 0) is 10.3 Å². The first-order valence-corrected chi connectivity index (χ1v) is 14.4. The van der Waals surface area contributed by atoms with Crippen LogP contribution in [0.1, 0.15) is 42.4 Å². The van der Waals surface area contributed by atoms with Crippen molar-refractivity contribution in [2.24, 2.45) is 0 Å². The molecule has 5 heteroatoms. The lowest BCUT2D eigenvalue weighted by Crippen LogP contribution is -2.49. The molecule has 0 saturated carbocycles. The average molecular weight is 540 g/mol. The van der Waals surface area contributed by atoms with Crippen LogP contribution in [0, 0.1) is 0 Å². The van der Waals surface area contributed by atoms with Crippen LogP contribution in [0.5, 0.6) is 0 Å². The first kappa shape index (κ1) is 25.2. The maximum atomic E-state index is 6.75. The summed E-state index contributed by atoms with van der Waals surface area (Å²) in [7, 11) is 2.09. The fourth-order valence-corrected chi connectivity index (χ4v) is 6.24. The third-order valence-electron chi connectivity index (χ3n) is 8.20. The van der Waals surface area contributed by atoms with E-state index in [9.17, 15) is 0 Å². The summed E-state index contributed by atoms with van der Waals surface area (Å²) in [6.45, 7) is 0.709. The highest BCUT2D eigenvalue weighted by Gasteiger charge is 2.41. The van der Waals surface area contributed by atoms with E-state index in [0.717, 1.165) is 69.4 Å². The molecule has 2 aliphatic rings. The second-order valence-corrected chi connectivity index (χ2v) is 10.7. The number of benzene rings is 3. The van der Waals surface area contributed by atoms with Crippen LogP contribution in [0.3, 0.4) is 0 Å². The Balaban J connectivity index is 1.63. The normalized spacial score (nSPS) is 15.2. The number of hydrogen-bond acceptors (Lipinski definition) is 4. The Morgan fingerprint density at radius 2 is 1.41 bits per heavy atom. The van der Waals surface area contributed by atoms with E-state index >= 15 is 0 Å². The molecule has 0 saturated heterocycles. The zero-order valence-electron chi connectivity index (χ0n) is 23.2. The Morgan fingerprint density at radius 3 is 1.95 bits per heavy atom. The smallest absolute Gasteiger partial charge is 0.207 e. The van der Waals surface area contributed by atoms with Crippen molar-refractivity contribution >= 4 is 12.0 Å². The third kappa shape index (κ3) is 4.29. The van der Waals surface area contributed by atoms with E-state index in [-0.39, 0.29) is 0 Å². The zero-order chi connectivity index (χ0) is 27.6. The standard InChI is InChI=1S/C36H33N3O2/c1-38-24-22-32-33(35(38)41-31-20-12-5-13-21-31)34(27-23-25-40-26-27)37-39(32)36(28-14-6-2-7-15-28,29-16-8-3-9-17-29)30-18-10-4-11-19-30/h2-4,6-11,14-20,22-23,25-26H,5,12-13,21,24H2,1H3. The van der Waals surface area contributed by atoms with E-state index in [1.54, 1.807) is 12.5 Å². The molecule has 204 valence electrons. The number of fused-ring (bicyclic) bond motifs is 1. The number of rotatable bonds is 7. The van der Waals surface area contributed by atoms with E-state index in [1.807, 2.05) is 6.07 Å². The topological polar surface area (TPSA) is 43.4 Å². The van der Waals surface area contributed by atoms with Gasteiger partial charge in [-0.05, 0) is 54.2 Å². The number of ether oxygens (including phenoxy) is 1. The van der Waals surface area contributed by atoms with E-state index in [1.165, 1.54) is 6.42 Å². The number of furan rings is 1. The summed E-state index contributed by atoms with van der Waals surface area (Å²) >= 11 is 0. The molecule has 3 aromatic carbocycles. The van der Waals surface area contributed by atoms with Crippen LogP contribution >= 0.6 is 0 Å². The highest BCUT2D eigenvalue weighted by Crippen LogP contribution is 2.40. The van der Waals surface area contributed by atoms with Crippen LogP contribution < -0.4 is 10.6 Å². The van der Waals surface area contributed by atoms with E-state index < -0.39 is 5.54 Å². The van der Waals surface area contributed by atoms with Crippen molar-refractivity contribution < 1.29 is 9.15 Å². The van der Waals surface area contributed by atoms with E-state index in [2.05, 4.69) is 120 Å². The van der Waals surface area contributed by atoms with Gasteiger partial charge in [0.05, 0.1) is 23.1 Å². The predicted molar refractivity (Wildman–Crippen MR) is 162 cm³/mol. The van der Waals surface area contributed by atoms with Crippen molar-refractivity contribution in [2.75, 3.05) is 13.6 Å². The summed E-state index contributed by atoms with van der Waals surface area (Å²) in [6, 6.07) is 34.0. The SMILES string of the molecule is CN1CC=c2c(c(-c3ccoc3)nn2C(c2ccccc2)(c2ccccc2)c2ccccc2)=C1OC1=CCCCC1. The Morgan fingerprint density at radius 1 is 0.780 bits per heavy atom. The Kier molecular flexibility index (Phi) is 6.56. The molecule has 41 heavy (non-hydrogen) atoms. The van der Waals surface area contributed by atoms with Crippen LogP contribution in [0.4, 0.5) is 0 Å². The summed E-state index contributed by atoms with van der Waals surface area (Å²) in [5.74, 6) is 1.87. The second-order valence-electron chi connectivity index (χ2n) is 10.7. The molecular weight excluding hydrogens is 506 g/mol. The molecule has 5 nitrogen and oxygen atoms in total. The Labute approximate surface area is 240 Å². The van der Waals surface area contributed by atoms with Gasteiger partial charge in [0.25, 0.3) is 0 Å². The molecule has 5 aromatic rings. The fraction of sp³-hybridized carbons (Fsp3) is 0.194. The van der Waals surface area contributed by atoms with Gasteiger partial charge in [0.15, 0.2) is 0 Å². The molecule has 2 aromatic heterocycles. The molecule has 0 bridgehead atoms. The molecule has 0 amide bonds. The van der Waals surface area contributed by atoms with Crippen molar-refractivity contribution in [1.82, 2.24) is 14.7 Å². The summed E-state index contributed by atoms with van der Waals surface area (Å²) in [5.41, 5.74) is 4.42. The number of aromatic nitrogens is 2. The van der Waals surface area contributed by atoms with E-state index in [0.29, 0.717) is 6.54 Å². The van der Waals surface area contributed by atoms with Crippen molar-refractivity contribution in [1.29, 1.82) is 0 Å². The lowest BCUT2D eigenvalue weighted by Gasteiger charge is -2.37. The summed E-state index contributed by atoms with van der Waals surface area (Å²) in [6.07, 6.45) is 12.4. The van der Waals surface area contributed by atoms with Gasteiger partial charge in [0.1, 0.15) is 17.0 Å². The average Bonchev–Trinajstić information content (AvgIpc) is 3.70. The molecule has 1 aliphatic carbocycles. The fourth-order valence-electron chi connectivity index (χ4n) is 6.24. The maximum Gasteiger partial charge on any atom is 0.207 e. The third-order valence-corrected chi connectivity index (χ3v) is 8.20. The summed E-state index contributed by atoms with van der Waals surface area (Å²) < 4.78 is 14.6. The first-order valence-electron chi connectivity index (χ1n) is 14.4. The van der Waals surface area contributed by atoms with Gasteiger partial charge in [-0.15, -0.1) is 0 Å². The second kappa shape index (κ2) is 10.7. The molecule has 0 spiro atoms. The minimum Gasteiger partial charge on any atom is -0.472 e.